The Hall–Kier alpha value is -0.860. The monoisotopic (exact) mass is 220 g/mol. The summed E-state index contributed by atoms with van der Waals surface area (Å²) in [6.07, 6.45) is 1.09. The van der Waals surface area contributed by atoms with Gasteiger partial charge in [0.25, 0.3) is 0 Å². The van der Waals surface area contributed by atoms with Gasteiger partial charge in [0, 0.05) is 18.6 Å². The van der Waals surface area contributed by atoms with Gasteiger partial charge in [0.2, 0.25) is 0 Å². The third-order valence-corrected chi connectivity index (χ3v) is 3.51. The van der Waals surface area contributed by atoms with Gasteiger partial charge in [-0.25, -0.2) is 0 Å². The largest absolute Gasteiger partial charge is 0.329 e. The fourth-order valence-electron chi connectivity index (χ4n) is 1.64. The molecule has 0 aliphatic carbocycles. The fourth-order valence-corrected chi connectivity index (χ4v) is 1.64. The van der Waals surface area contributed by atoms with Crippen LogP contribution in [0.4, 0.5) is 0 Å². The summed E-state index contributed by atoms with van der Waals surface area (Å²) in [4.78, 5) is 2.33. The Balaban J connectivity index is 2.56. The minimum Gasteiger partial charge on any atom is -0.329 e. The third kappa shape index (κ3) is 3.32. The van der Waals surface area contributed by atoms with Gasteiger partial charge in [0.05, 0.1) is 0 Å². The lowest BCUT2D eigenvalue weighted by atomic mass is 10.0. The van der Waals surface area contributed by atoms with Crippen LogP contribution in [0.25, 0.3) is 0 Å². The van der Waals surface area contributed by atoms with Crippen molar-refractivity contribution >= 4 is 0 Å². The van der Waals surface area contributed by atoms with E-state index in [1.54, 1.807) is 0 Å². The predicted octanol–water partition coefficient (Wildman–Crippen LogP) is 2.21. The van der Waals surface area contributed by atoms with Crippen molar-refractivity contribution in [3.8, 4) is 0 Å². The summed E-state index contributed by atoms with van der Waals surface area (Å²) in [5.41, 5.74) is 8.66. The van der Waals surface area contributed by atoms with Crippen LogP contribution in [0.3, 0.4) is 0 Å². The average Bonchev–Trinajstić information content (AvgIpc) is 2.27. The minimum atomic E-state index is 0.0860. The summed E-state index contributed by atoms with van der Waals surface area (Å²) < 4.78 is 0. The molecular formula is C14H24N2. The molecule has 0 aliphatic heterocycles. The number of hydrogen-bond donors (Lipinski definition) is 1. The van der Waals surface area contributed by atoms with Gasteiger partial charge >= 0.3 is 0 Å². The van der Waals surface area contributed by atoms with Crippen molar-refractivity contribution in [3.63, 3.8) is 0 Å². The van der Waals surface area contributed by atoms with Crippen molar-refractivity contribution in [1.29, 1.82) is 0 Å². The van der Waals surface area contributed by atoms with Crippen LogP contribution in [-0.4, -0.2) is 30.6 Å². The van der Waals surface area contributed by atoms with Gasteiger partial charge in [0.1, 0.15) is 0 Å². The molecule has 0 heterocycles. The molecule has 0 amide bonds. The summed E-state index contributed by atoms with van der Waals surface area (Å²) in [6.45, 7) is 8.28. The van der Waals surface area contributed by atoms with E-state index in [2.05, 4.69) is 57.0 Å². The number of nitrogens with zero attached hydrogens (tertiary/aromatic N) is 1. The highest BCUT2D eigenvalue weighted by atomic mass is 15.2. The number of hydrogen-bond acceptors (Lipinski definition) is 2. The van der Waals surface area contributed by atoms with E-state index in [-0.39, 0.29) is 5.54 Å². The van der Waals surface area contributed by atoms with E-state index in [9.17, 15) is 0 Å². The van der Waals surface area contributed by atoms with E-state index < -0.39 is 0 Å². The minimum absolute atomic E-state index is 0.0860. The topological polar surface area (TPSA) is 29.3 Å². The molecule has 1 aromatic carbocycles. The van der Waals surface area contributed by atoms with Crippen LogP contribution in [0.5, 0.6) is 0 Å². The molecule has 2 nitrogen and oxygen atoms in total. The molecule has 0 aliphatic rings. The van der Waals surface area contributed by atoms with E-state index in [1.807, 2.05) is 0 Å². The van der Waals surface area contributed by atoms with Crippen molar-refractivity contribution in [2.75, 3.05) is 20.1 Å². The second-order valence-electron chi connectivity index (χ2n) is 5.11. The molecule has 0 fully saturated rings. The Kier molecular flexibility index (Phi) is 4.51. The molecule has 0 aromatic heterocycles. The highest BCUT2D eigenvalue weighted by Crippen LogP contribution is 2.13. The van der Waals surface area contributed by atoms with E-state index in [0.717, 1.165) is 13.0 Å². The number of rotatable bonds is 5. The predicted molar refractivity (Wildman–Crippen MR) is 70.6 cm³/mol. The maximum Gasteiger partial charge on any atom is 0.0272 e. The molecule has 0 spiro atoms. The first kappa shape index (κ1) is 13.2. The van der Waals surface area contributed by atoms with Crippen molar-refractivity contribution in [1.82, 2.24) is 4.90 Å². The molecule has 1 rings (SSSR count). The molecule has 90 valence electrons. The Morgan fingerprint density at radius 2 is 1.88 bits per heavy atom. The Labute approximate surface area is 99.5 Å². The zero-order chi connectivity index (χ0) is 12.2. The van der Waals surface area contributed by atoms with Gasteiger partial charge in [-0.3, -0.25) is 4.90 Å². The summed E-state index contributed by atoms with van der Waals surface area (Å²) in [5.74, 6) is 0. The normalized spacial score (nSPS) is 12.1. The third-order valence-electron chi connectivity index (χ3n) is 3.51. The molecule has 0 bridgehead atoms. The molecule has 0 unspecified atom stereocenters. The Bertz CT molecular complexity index is 331. The molecule has 2 heteroatoms. The maximum absolute atomic E-state index is 5.76. The molecule has 0 radical (unpaired) electrons. The van der Waals surface area contributed by atoms with Crippen LogP contribution in [0.2, 0.25) is 0 Å². The van der Waals surface area contributed by atoms with Crippen molar-refractivity contribution < 1.29 is 0 Å². The molecule has 0 saturated carbocycles. The van der Waals surface area contributed by atoms with Crippen LogP contribution in [0.15, 0.2) is 24.3 Å². The summed E-state index contributed by atoms with van der Waals surface area (Å²) in [6, 6.07) is 8.57. The van der Waals surface area contributed by atoms with E-state index in [1.165, 1.54) is 11.1 Å². The van der Waals surface area contributed by atoms with Crippen molar-refractivity contribution in [2.45, 2.75) is 32.7 Å². The first-order valence-electron chi connectivity index (χ1n) is 5.93. The van der Waals surface area contributed by atoms with E-state index in [4.69, 9.17) is 5.73 Å². The van der Waals surface area contributed by atoms with Crippen LogP contribution < -0.4 is 5.73 Å². The quantitative estimate of drug-likeness (QED) is 0.824. The van der Waals surface area contributed by atoms with Crippen LogP contribution in [0.1, 0.15) is 25.0 Å². The Morgan fingerprint density at radius 1 is 1.25 bits per heavy atom. The van der Waals surface area contributed by atoms with Gasteiger partial charge in [-0.15, -0.1) is 0 Å². The van der Waals surface area contributed by atoms with Gasteiger partial charge in [-0.05, 0) is 45.4 Å². The summed E-state index contributed by atoms with van der Waals surface area (Å²) in [5, 5.41) is 0. The van der Waals surface area contributed by atoms with Gasteiger partial charge in [0.15, 0.2) is 0 Å². The van der Waals surface area contributed by atoms with Crippen LogP contribution in [-0.2, 0) is 6.42 Å². The smallest absolute Gasteiger partial charge is 0.0272 e. The Morgan fingerprint density at radius 3 is 2.44 bits per heavy atom. The summed E-state index contributed by atoms with van der Waals surface area (Å²) >= 11 is 0. The average molecular weight is 220 g/mol. The van der Waals surface area contributed by atoms with Crippen LogP contribution >= 0.6 is 0 Å². The SMILES string of the molecule is Cc1ccccc1CCN(C)C(C)(C)CN. The standard InChI is InChI=1S/C14H24N2/c1-12-7-5-6-8-13(12)9-10-16(4)14(2,3)11-15/h5-8H,9-11,15H2,1-4H3. The summed E-state index contributed by atoms with van der Waals surface area (Å²) in [7, 11) is 2.14. The highest BCUT2D eigenvalue weighted by molar-refractivity contribution is 5.25. The molecule has 0 saturated heterocycles. The molecule has 1 aromatic rings. The zero-order valence-electron chi connectivity index (χ0n) is 11.0. The highest BCUT2D eigenvalue weighted by Gasteiger charge is 2.20. The number of benzene rings is 1. The maximum atomic E-state index is 5.76. The van der Waals surface area contributed by atoms with Crippen LogP contribution in [0, 0.1) is 6.92 Å². The molecule has 2 N–H and O–H groups in total. The molecular weight excluding hydrogens is 196 g/mol. The number of nitrogens with two attached hydrogens (primary N) is 1. The lowest BCUT2D eigenvalue weighted by Gasteiger charge is -2.34. The van der Waals surface area contributed by atoms with Gasteiger partial charge in [-0.2, -0.15) is 0 Å². The zero-order valence-corrected chi connectivity index (χ0v) is 11.0. The van der Waals surface area contributed by atoms with Gasteiger partial charge < -0.3 is 5.73 Å². The first-order chi connectivity index (χ1) is 7.47. The lowest BCUT2D eigenvalue weighted by molar-refractivity contribution is 0.166. The van der Waals surface area contributed by atoms with Gasteiger partial charge in [-0.1, -0.05) is 24.3 Å². The lowest BCUT2D eigenvalue weighted by Crippen LogP contribution is -2.47. The van der Waals surface area contributed by atoms with Crippen molar-refractivity contribution in [3.05, 3.63) is 35.4 Å². The van der Waals surface area contributed by atoms with Crippen molar-refractivity contribution in [2.24, 2.45) is 5.73 Å². The molecule has 0 atom stereocenters. The van der Waals surface area contributed by atoms with E-state index in [0.29, 0.717) is 6.54 Å². The second-order valence-corrected chi connectivity index (χ2v) is 5.11. The van der Waals surface area contributed by atoms with E-state index >= 15 is 0 Å². The second kappa shape index (κ2) is 5.46. The first-order valence-corrected chi connectivity index (χ1v) is 5.93. The number of aryl methyl sites for hydroxylation is 1. The molecule has 16 heavy (non-hydrogen) atoms. The fraction of sp³-hybridized carbons (Fsp3) is 0.571. The number of likely N-dealkylation sites (N-methyl/N-ethyl adjacent to an activating group) is 1.